The van der Waals surface area contributed by atoms with Crippen LogP contribution >= 0.6 is 0 Å². The van der Waals surface area contributed by atoms with Crippen LogP contribution in [-0.2, 0) is 0 Å². The van der Waals surface area contributed by atoms with Crippen LogP contribution in [-0.4, -0.2) is 9.97 Å². The average molecular weight is 186 g/mol. The first-order valence-electron chi connectivity index (χ1n) is 4.39. The van der Waals surface area contributed by atoms with Gasteiger partial charge in [-0.25, -0.2) is 0 Å². The first kappa shape index (κ1) is 8.69. The molecule has 3 nitrogen and oxygen atoms in total. The Hall–Kier alpha value is -1.90. The Labute approximate surface area is 81.5 Å². The number of hydrogen-bond donors (Lipinski definition) is 1. The molecule has 0 aromatic carbocycles. The number of pyridine rings is 2. The van der Waals surface area contributed by atoms with Gasteiger partial charge < -0.3 is 4.98 Å². The summed E-state index contributed by atoms with van der Waals surface area (Å²) >= 11 is 0. The molecule has 2 aromatic rings. The zero-order valence-electron chi connectivity index (χ0n) is 7.82. The van der Waals surface area contributed by atoms with E-state index < -0.39 is 0 Å². The minimum atomic E-state index is 0.0319. The molecule has 1 N–H and O–H groups in total. The summed E-state index contributed by atoms with van der Waals surface area (Å²) in [5, 5.41) is 0. The van der Waals surface area contributed by atoms with Crippen LogP contribution in [0.2, 0.25) is 0 Å². The molecule has 0 bridgehead atoms. The van der Waals surface area contributed by atoms with Gasteiger partial charge in [-0.05, 0) is 19.1 Å². The van der Waals surface area contributed by atoms with E-state index in [1.165, 1.54) is 6.07 Å². The van der Waals surface area contributed by atoms with Gasteiger partial charge in [-0.1, -0.05) is 6.07 Å². The molecule has 0 spiro atoms. The summed E-state index contributed by atoms with van der Waals surface area (Å²) < 4.78 is 0. The first-order chi connectivity index (χ1) is 6.79. The minimum absolute atomic E-state index is 0.0319. The third kappa shape index (κ3) is 1.44. The molecule has 0 saturated heterocycles. The molecule has 0 fully saturated rings. The molecular weight excluding hydrogens is 176 g/mol. The third-order valence-electron chi connectivity index (χ3n) is 2.13. The molecule has 2 heterocycles. The van der Waals surface area contributed by atoms with Gasteiger partial charge in [0.2, 0.25) is 0 Å². The predicted molar refractivity (Wildman–Crippen MR) is 55.0 cm³/mol. The number of nitrogens with zero attached hydrogens (tertiary/aromatic N) is 1. The fraction of sp³-hybridized carbons (Fsp3) is 0.0909. The van der Waals surface area contributed by atoms with Crippen molar-refractivity contribution in [3.05, 3.63) is 52.4 Å². The van der Waals surface area contributed by atoms with Crippen molar-refractivity contribution >= 4 is 0 Å². The summed E-state index contributed by atoms with van der Waals surface area (Å²) in [7, 11) is 0. The Balaban J connectivity index is 2.64. The van der Waals surface area contributed by atoms with Crippen molar-refractivity contribution in [2.75, 3.05) is 0 Å². The highest BCUT2D eigenvalue weighted by atomic mass is 16.1. The lowest BCUT2D eigenvalue weighted by Crippen LogP contribution is -2.06. The predicted octanol–water partition coefficient (Wildman–Crippen LogP) is 1.75. The smallest absolute Gasteiger partial charge is 0.185 e. The van der Waals surface area contributed by atoms with Crippen molar-refractivity contribution in [3.8, 4) is 11.4 Å². The quantitative estimate of drug-likeness (QED) is 0.737. The van der Waals surface area contributed by atoms with Crippen LogP contribution < -0.4 is 5.43 Å². The van der Waals surface area contributed by atoms with Crippen LogP contribution in [0.5, 0.6) is 0 Å². The van der Waals surface area contributed by atoms with Gasteiger partial charge in [0.05, 0.1) is 11.4 Å². The van der Waals surface area contributed by atoms with Crippen molar-refractivity contribution in [3.63, 3.8) is 0 Å². The van der Waals surface area contributed by atoms with Crippen molar-refractivity contribution in [1.29, 1.82) is 0 Å². The summed E-state index contributed by atoms with van der Waals surface area (Å²) in [4.78, 5) is 18.6. The molecule has 0 saturated carbocycles. The van der Waals surface area contributed by atoms with E-state index in [1.54, 1.807) is 19.3 Å². The number of rotatable bonds is 1. The van der Waals surface area contributed by atoms with Crippen LogP contribution in [0.3, 0.4) is 0 Å². The van der Waals surface area contributed by atoms with E-state index in [2.05, 4.69) is 9.97 Å². The second-order valence-corrected chi connectivity index (χ2v) is 3.06. The van der Waals surface area contributed by atoms with E-state index in [9.17, 15) is 4.79 Å². The van der Waals surface area contributed by atoms with Gasteiger partial charge in [-0.15, -0.1) is 0 Å². The second-order valence-electron chi connectivity index (χ2n) is 3.06. The highest BCUT2D eigenvalue weighted by Crippen LogP contribution is 2.14. The average Bonchev–Trinajstić information content (AvgIpc) is 2.23. The molecule has 0 amide bonds. The van der Waals surface area contributed by atoms with E-state index in [0.717, 1.165) is 11.4 Å². The van der Waals surface area contributed by atoms with Crippen molar-refractivity contribution in [2.45, 2.75) is 6.92 Å². The lowest BCUT2D eigenvalue weighted by molar-refractivity contribution is 1.19. The molecule has 14 heavy (non-hydrogen) atoms. The maximum atomic E-state index is 11.4. The number of nitrogens with one attached hydrogen (secondary N) is 1. The molecule has 2 aromatic heterocycles. The molecule has 70 valence electrons. The SMILES string of the molecule is Cc1c(-c2ccccn2)[nH]ccc1=O. The van der Waals surface area contributed by atoms with Gasteiger partial charge in [0, 0.05) is 24.0 Å². The Morgan fingerprint density at radius 2 is 2.14 bits per heavy atom. The van der Waals surface area contributed by atoms with E-state index in [-0.39, 0.29) is 5.43 Å². The standard InChI is InChI=1S/C11H10N2O/c1-8-10(14)5-7-13-11(8)9-4-2-3-6-12-9/h2-7H,1H3,(H,13,14). The van der Waals surface area contributed by atoms with Crippen LogP contribution in [0, 0.1) is 6.92 Å². The van der Waals surface area contributed by atoms with Crippen LogP contribution in [0.25, 0.3) is 11.4 Å². The van der Waals surface area contributed by atoms with E-state index in [4.69, 9.17) is 0 Å². The number of aromatic amines is 1. The van der Waals surface area contributed by atoms with Crippen LogP contribution in [0.4, 0.5) is 0 Å². The molecule has 0 unspecified atom stereocenters. The number of H-pyrrole nitrogens is 1. The summed E-state index contributed by atoms with van der Waals surface area (Å²) in [5.74, 6) is 0. The normalized spacial score (nSPS) is 10.1. The fourth-order valence-corrected chi connectivity index (χ4v) is 1.33. The second kappa shape index (κ2) is 3.46. The number of hydrogen-bond acceptors (Lipinski definition) is 2. The summed E-state index contributed by atoms with van der Waals surface area (Å²) in [5.41, 5.74) is 2.32. The molecule has 0 atom stereocenters. The zero-order valence-corrected chi connectivity index (χ0v) is 7.82. The Bertz CT molecular complexity index is 488. The molecule has 2 rings (SSSR count). The van der Waals surface area contributed by atoms with E-state index in [1.807, 2.05) is 18.2 Å². The topological polar surface area (TPSA) is 45.8 Å². The van der Waals surface area contributed by atoms with E-state index >= 15 is 0 Å². The monoisotopic (exact) mass is 186 g/mol. The maximum Gasteiger partial charge on any atom is 0.185 e. The lowest BCUT2D eigenvalue weighted by Gasteiger charge is -2.02. The Kier molecular flexibility index (Phi) is 2.14. The van der Waals surface area contributed by atoms with Crippen molar-refractivity contribution in [2.24, 2.45) is 0 Å². The summed E-state index contributed by atoms with van der Waals surface area (Å²) in [6.45, 7) is 1.79. The molecule has 0 radical (unpaired) electrons. The lowest BCUT2D eigenvalue weighted by atomic mass is 10.1. The summed E-state index contributed by atoms with van der Waals surface area (Å²) in [6, 6.07) is 7.13. The third-order valence-corrected chi connectivity index (χ3v) is 2.13. The minimum Gasteiger partial charge on any atom is -0.359 e. The van der Waals surface area contributed by atoms with Gasteiger partial charge in [0.1, 0.15) is 0 Å². The van der Waals surface area contributed by atoms with E-state index in [0.29, 0.717) is 5.56 Å². The van der Waals surface area contributed by atoms with Crippen LogP contribution in [0.15, 0.2) is 41.5 Å². The van der Waals surface area contributed by atoms with Crippen molar-refractivity contribution < 1.29 is 0 Å². The van der Waals surface area contributed by atoms with Crippen molar-refractivity contribution in [1.82, 2.24) is 9.97 Å². The fourth-order valence-electron chi connectivity index (χ4n) is 1.33. The van der Waals surface area contributed by atoms with Gasteiger partial charge in [0.15, 0.2) is 5.43 Å². The van der Waals surface area contributed by atoms with Gasteiger partial charge in [0.25, 0.3) is 0 Å². The van der Waals surface area contributed by atoms with Crippen LogP contribution in [0.1, 0.15) is 5.56 Å². The highest BCUT2D eigenvalue weighted by Gasteiger charge is 2.04. The van der Waals surface area contributed by atoms with Gasteiger partial charge in [-0.2, -0.15) is 0 Å². The number of aromatic nitrogens is 2. The first-order valence-corrected chi connectivity index (χ1v) is 4.39. The molecule has 0 aliphatic heterocycles. The zero-order chi connectivity index (χ0) is 9.97. The van der Waals surface area contributed by atoms with Gasteiger partial charge >= 0.3 is 0 Å². The molecule has 3 heteroatoms. The Morgan fingerprint density at radius 3 is 2.86 bits per heavy atom. The summed E-state index contributed by atoms with van der Waals surface area (Å²) in [6.07, 6.45) is 3.35. The molecular formula is C11H10N2O. The molecule has 0 aliphatic rings. The van der Waals surface area contributed by atoms with Gasteiger partial charge in [-0.3, -0.25) is 9.78 Å². The molecule has 0 aliphatic carbocycles. The largest absolute Gasteiger partial charge is 0.359 e. The Morgan fingerprint density at radius 1 is 1.29 bits per heavy atom. The maximum absolute atomic E-state index is 11.4. The highest BCUT2D eigenvalue weighted by molar-refractivity contribution is 5.57.